The molecule has 1 aromatic carbocycles. The van der Waals surface area contributed by atoms with Crippen molar-refractivity contribution in [3.63, 3.8) is 0 Å². The predicted molar refractivity (Wildman–Crippen MR) is 131 cm³/mol. The minimum atomic E-state index is -0.432. The number of methoxy groups -OCH3 is 1. The van der Waals surface area contributed by atoms with E-state index < -0.39 is 5.97 Å². The Morgan fingerprint density at radius 3 is 2.76 bits per heavy atom. The van der Waals surface area contributed by atoms with E-state index in [0.29, 0.717) is 17.3 Å². The van der Waals surface area contributed by atoms with Gasteiger partial charge in [0.2, 0.25) is 5.91 Å². The van der Waals surface area contributed by atoms with Crippen LogP contribution in [-0.2, 0) is 16.0 Å². The Hall–Kier alpha value is -2.65. The number of thiophene rings is 1. The summed E-state index contributed by atoms with van der Waals surface area (Å²) in [6, 6.07) is 9.69. The van der Waals surface area contributed by atoms with Gasteiger partial charge in [0, 0.05) is 23.0 Å². The number of ether oxygens (including phenoxy) is 1. The topological polar surface area (TPSA) is 86.1 Å². The van der Waals surface area contributed by atoms with Crippen molar-refractivity contribution in [1.29, 1.82) is 0 Å². The summed E-state index contributed by atoms with van der Waals surface area (Å²) in [5, 5.41) is 14.7. The van der Waals surface area contributed by atoms with Crippen LogP contribution in [0.25, 0.3) is 0 Å². The fourth-order valence-electron chi connectivity index (χ4n) is 4.12. The number of nitrogens with zero attached hydrogens (tertiary/aromatic N) is 3. The van der Waals surface area contributed by atoms with Gasteiger partial charge in [-0.2, -0.15) is 0 Å². The van der Waals surface area contributed by atoms with Crippen LogP contribution in [0.1, 0.15) is 64.8 Å². The lowest BCUT2D eigenvalue weighted by molar-refractivity contribution is -0.113. The van der Waals surface area contributed by atoms with Crippen LogP contribution < -0.4 is 5.32 Å². The number of thioether (sulfide) groups is 1. The van der Waals surface area contributed by atoms with Gasteiger partial charge in [-0.05, 0) is 48.9 Å². The zero-order chi connectivity index (χ0) is 23.2. The first kappa shape index (κ1) is 23.5. The van der Waals surface area contributed by atoms with Crippen molar-refractivity contribution in [2.45, 2.75) is 56.6 Å². The number of amides is 1. The monoisotopic (exact) mass is 484 g/mol. The summed E-state index contributed by atoms with van der Waals surface area (Å²) in [4.78, 5) is 25.8. The van der Waals surface area contributed by atoms with Crippen LogP contribution in [0.5, 0.6) is 0 Å². The Morgan fingerprint density at radius 1 is 1.21 bits per heavy atom. The molecule has 0 aliphatic heterocycles. The van der Waals surface area contributed by atoms with Crippen molar-refractivity contribution in [2.75, 3.05) is 18.2 Å². The summed E-state index contributed by atoms with van der Waals surface area (Å²) in [5.41, 5.74) is 1.89. The lowest BCUT2D eigenvalue weighted by atomic mass is 9.95. The van der Waals surface area contributed by atoms with Gasteiger partial charge in [0.05, 0.1) is 18.4 Å². The highest BCUT2D eigenvalue weighted by Gasteiger charge is 2.24. The van der Waals surface area contributed by atoms with Crippen molar-refractivity contribution in [3.8, 4) is 0 Å². The molecule has 0 bridgehead atoms. The first-order valence-electron chi connectivity index (χ1n) is 11.1. The number of aromatic nitrogens is 3. The minimum absolute atomic E-state index is 0.150. The molecule has 1 N–H and O–H groups in total. The Kier molecular flexibility index (Phi) is 7.82. The molecular weight excluding hydrogens is 456 g/mol. The summed E-state index contributed by atoms with van der Waals surface area (Å²) >= 11 is 3.13. The van der Waals surface area contributed by atoms with E-state index >= 15 is 0 Å². The maximum atomic E-state index is 12.7. The van der Waals surface area contributed by atoms with Crippen LogP contribution in [0.2, 0.25) is 0 Å². The number of esters is 1. The molecule has 2 aromatic heterocycles. The fourth-order valence-corrected chi connectivity index (χ4v) is 5.65. The van der Waals surface area contributed by atoms with Gasteiger partial charge in [-0.3, -0.25) is 4.79 Å². The molecular formula is C24H28N4O3S2. The van der Waals surface area contributed by atoms with E-state index in [0.717, 1.165) is 35.8 Å². The molecule has 1 saturated carbocycles. The average Bonchev–Trinajstić information content (AvgIpc) is 3.49. The molecule has 9 heteroatoms. The van der Waals surface area contributed by atoms with Gasteiger partial charge in [-0.1, -0.05) is 43.2 Å². The summed E-state index contributed by atoms with van der Waals surface area (Å²) in [5.74, 6) is 0.599. The molecule has 4 rings (SSSR count). The zero-order valence-electron chi connectivity index (χ0n) is 18.9. The van der Waals surface area contributed by atoms with Crippen LogP contribution in [0.15, 0.2) is 40.9 Å². The smallest absolute Gasteiger partial charge is 0.337 e. The number of aryl methyl sites for hydroxylation is 1. The van der Waals surface area contributed by atoms with E-state index in [2.05, 4.69) is 37.6 Å². The molecule has 1 aliphatic rings. The Balaban J connectivity index is 1.47. The van der Waals surface area contributed by atoms with Gasteiger partial charge in [0.1, 0.15) is 5.82 Å². The van der Waals surface area contributed by atoms with Crippen molar-refractivity contribution < 1.29 is 14.3 Å². The first-order chi connectivity index (χ1) is 16.0. The summed E-state index contributed by atoms with van der Waals surface area (Å²) in [6.07, 6.45) is 6.69. The lowest BCUT2D eigenvalue weighted by Crippen LogP contribution is -2.19. The van der Waals surface area contributed by atoms with Crippen molar-refractivity contribution in [3.05, 3.63) is 57.5 Å². The highest BCUT2D eigenvalue weighted by Crippen LogP contribution is 2.33. The van der Waals surface area contributed by atoms with Crippen molar-refractivity contribution in [1.82, 2.24) is 14.8 Å². The molecule has 1 amide bonds. The molecule has 7 nitrogen and oxygen atoms in total. The SMILES string of the molecule is COC(=O)c1ccc(C)c(NC(=O)CSc2nnc(Cc3cccs3)n2C2CCCCC2)c1. The van der Waals surface area contributed by atoms with E-state index in [-0.39, 0.29) is 11.7 Å². The molecule has 33 heavy (non-hydrogen) atoms. The minimum Gasteiger partial charge on any atom is -0.465 e. The van der Waals surface area contributed by atoms with Crippen LogP contribution in [0.4, 0.5) is 5.69 Å². The fraction of sp³-hybridized carbons (Fsp3) is 0.417. The van der Waals surface area contributed by atoms with Crippen LogP contribution >= 0.6 is 23.1 Å². The number of hydrogen-bond donors (Lipinski definition) is 1. The number of carbonyl (C=O) groups is 2. The van der Waals surface area contributed by atoms with E-state index in [1.165, 1.54) is 43.0 Å². The van der Waals surface area contributed by atoms with Gasteiger partial charge in [0.25, 0.3) is 0 Å². The molecule has 0 atom stereocenters. The maximum absolute atomic E-state index is 12.7. The molecule has 0 spiro atoms. The maximum Gasteiger partial charge on any atom is 0.337 e. The molecule has 0 saturated heterocycles. The lowest BCUT2D eigenvalue weighted by Gasteiger charge is -2.25. The van der Waals surface area contributed by atoms with Gasteiger partial charge in [-0.15, -0.1) is 21.5 Å². The first-order valence-corrected chi connectivity index (χ1v) is 13.0. The number of rotatable bonds is 8. The molecule has 0 radical (unpaired) electrons. The molecule has 1 aliphatic carbocycles. The zero-order valence-corrected chi connectivity index (χ0v) is 20.5. The standard InChI is InChI=1S/C24H28N4O3S2/c1-16-10-11-17(23(30)31-2)13-20(16)25-22(29)15-33-24-27-26-21(14-19-9-6-12-32-19)28(24)18-7-4-3-5-8-18/h6,9-13,18H,3-5,7-8,14-15H2,1-2H3,(H,25,29). The summed E-state index contributed by atoms with van der Waals surface area (Å²) in [7, 11) is 1.34. The van der Waals surface area contributed by atoms with Crippen LogP contribution in [-0.4, -0.2) is 39.5 Å². The quantitative estimate of drug-likeness (QED) is 0.347. The van der Waals surface area contributed by atoms with Gasteiger partial charge in [0.15, 0.2) is 5.16 Å². The van der Waals surface area contributed by atoms with E-state index in [4.69, 9.17) is 4.74 Å². The second kappa shape index (κ2) is 11.0. The van der Waals surface area contributed by atoms with Crippen molar-refractivity contribution in [2.24, 2.45) is 0 Å². The number of anilines is 1. The molecule has 1 fully saturated rings. The third-order valence-corrected chi connectivity index (χ3v) is 7.67. The Morgan fingerprint density at radius 2 is 2.03 bits per heavy atom. The highest BCUT2D eigenvalue weighted by atomic mass is 32.2. The molecule has 0 unspecified atom stereocenters. The van der Waals surface area contributed by atoms with Crippen molar-refractivity contribution >= 4 is 40.7 Å². The highest BCUT2D eigenvalue weighted by molar-refractivity contribution is 7.99. The molecule has 2 heterocycles. The molecule has 3 aromatic rings. The Bertz CT molecular complexity index is 1110. The van der Waals surface area contributed by atoms with E-state index in [1.54, 1.807) is 29.5 Å². The predicted octanol–water partition coefficient (Wildman–Crippen LogP) is 5.26. The molecule has 174 valence electrons. The second-order valence-electron chi connectivity index (χ2n) is 8.17. The Labute approximate surface area is 201 Å². The van der Waals surface area contributed by atoms with Crippen LogP contribution in [0, 0.1) is 6.92 Å². The average molecular weight is 485 g/mol. The largest absolute Gasteiger partial charge is 0.465 e. The summed E-state index contributed by atoms with van der Waals surface area (Å²) < 4.78 is 7.04. The second-order valence-corrected chi connectivity index (χ2v) is 10.1. The van der Waals surface area contributed by atoms with E-state index in [1.807, 2.05) is 6.92 Å². The summed E-state index contributed by atoms with van der Waals surface area (Å²) in [6.45, 7) is 1.89. The van der Waals surface area contributed by atoms with Gasteiger partial charge in [-0.25, -0.2) is 4.79 Å². The normalized spacial score (nSPS) is 14.2. The number of nitrogens with one attached hydrogen (secondary N) is 1. The van der Waals surface area contributed by atoms with Gasteiger partial charge < -0.3 is 14.6 Å². The third kappa shape index (κ3) is 5.83. The number of carbonyl (C=O) groups excluding carboxylic acids is 2. The van der Waals surface area contributed by atoms with Crippen LogP contribution in [0.3, 0.4) is 0 Å². The number of benzene rings is 1. The number of hydrogen-bond acceptors (Lipinski definition) is 7. The van der Waals surface area contributed by atoms with Gasteiger partial charge >= 0.3 is 5.97 Å². The van der Waals surface area contributed by atoms with E-state index in [9.17, 15) is 9.59 Å². The third-order valence-electron chi connectivity index (χ3n) is 5.85.